The molecule has 3 rings (SSSR count). The van der Waals surface area contributed by atoms with Gasteiger partial charge in [-0.2, -0.15) is 23.3 Å². The summed E-state index contributed by atoms with van der Waals surface area (Å²) in [7, 11) is 1.42. The van der Waals surface area contributed by atoms with Crippen molar-refractivity contribution in [2.75, 3.05) is 7.11 Å². The standard InChI is InChI=1S/C15H11F3N4O/c1-23-13-9-11(10-5-3-2-4-6-10)19-14(20-13)22-8-7-12(21-22)15(16,17)18/h2-9H,1H3. The van der Waals surface area contributed by atoms with Gasteiger partial charge >= 0.3 is 6.18 Å². The van der Waals surface area contributed by atoms with Gasteiger partial charge in [-0.15, -0.1) is 0 Å². The number of rotatable bonds is 3. The number of nitrogens with zero attached hydrogens (tertiary/aromatic N) is 4. The first kappa shape index (κ1) is 15.0. The first-order valence-corrected chi connectivity index (χ1v) is 6.59. The predicted octanol–water partition coefficient (Wildman–Crippen LogP) is 3.36. The number of methoxy groups -OCH3 is 1. The summed E-state index contributed by atoms with van der Waals surface area (Å²) in [4.78, 5) is 8.30. The zero-order valence-corrected chi connectivity index (χ0v) is 11.9. The van der Waals surface area contributed by atoms with E-state index in [9.17, 15) is 13.2 Å². The largest absolute Gasteiger partial charge is 0.481 e. The summed E-state index contributed by atoms with van der Waals surface area (Å²) in [5.74, 6) is 0.233. The highest BCUT2D eigenvalue weighted by Crippen LogP contribution is 2.28. The van der Waals surface area contributed by atoms with Gasteiger partial charge in [0, 0.05) is 17.8 Å². The maximum atomic E-state index is 12.7. The SMILES string of the molecule is COc1cc(-c2ccccc2)nc(-n2ccc(C(F)(F)F)n2)n1. The van der Waals surface area contributed by atoms with E-state index in [1.165, 1.54) is 7.11 Å². The molecule has 5 nitrogen and oxygen atoms in total. The lowest BCUT2D eigenvalue weighted by Crippen LogP contribution is -2.09. The zero-order chi connectivity index (χ0) is 16.4. The van der Waals surface area contributed by atoms with E-state index in [-0.39, 0.29) is 11.8 Å². The molecule has 0 saturated heterocycles. The third-order valence-electron chi connectivity index (χ3n) is 3.05. The lowest BCUT2D eigenvalue weighted by Gasteiger charge is -2.07. The second-order valence-electron chi connectivity index (χ2n) is 4.60. The van der Waals surface area contributed by atoms with Crippen molar-refractivity contribution in [3.8, 4) is 23.1 Å². The van der Waals surface area contributed by atoms with E-state index in [2.05, 4.69) is 15.1 Å². The predicted molar refractivity (Wildman–Crippen MR) is 76.1 cm³/mol. The molecule has 0 saturated carbocycles. The van der Waals surface area contributed by atoms with E-state index in [0.29, 0.717) is 5.69 Å². The van der Waals surface area contributed by atoms with Crippen LogP contribution in [0.1, 0.15) is 5.69 Å². The minimum atomic E-state index is -4.52. The van der Waals surface area contributed by atoms with E-state index < -0.39 is 11.9 Å². The smallest absolute Gasteiger partial charge is 0.435 e. The average molecular weight is 320 g/mol. The van der Waals surface area contributed by atoms with Crippen molar-refractivity contribution < 1.29 is 17.9 Å². The molecule has 0 unspecified atom stereocenters. The molecule has 0 aliphatic heterocycles. The molecule has 0 atom stereocenters. The highest BCUT2D eigenvalue weighted by Gasteiger charge is 2.33. The van der Waals surface area contributed by atoms with Gasteiger partial charge in [-0.05, 0) is 6.07 Å². The molecule has 23 heavy (non-hydrogen) atoms. The zero-order valence-electron chi connectivity index (χ0n) is 11.9. The molecule has 0 bridgehead atoms. The van der Waals surface area contributed by atoms with Crippen LogP contribution in [0.2, 0.25) is 0 Å². The summed E-state index contributed by atoms with van der Waals surface area (Å²) >= 11 is 0. The minimum absolute atomic E-state index is 0.00120. The minimum Gasteiger partial charge on any atom is -0.481 e. The molecule has 0 aliphatic rings. The average Bonchev–Trinajstić information content (AvgIpc) is 3.05. The monoisotopic (exact) mass is 320 g/mol. The van der Waals surface area contributed by atoms with Crippen LogP contribution < -0.4 is 4.74 Å². The van der Waals surface area contributed by atoms with Crippen LogP contribution in [0.3, 0.4) is 0 Å². The molecule has 8 heteroatoms. The lowest BCUT2D eigenvalue weighted by molar-refractivity contribution is -0.141. The molecular weight excluding hydrogens is 309 g/mol. The van der Waals surface area contributed by atoms with Gasteiger partial charge in [-0.1, -0.05) is 30.3 Å². The molecule has 2 aromatic heterocycles. The molecule has 2 heterocycles. The second-order valence-corrected chi connectivity index (χ2v) is 4.60. The Balaban J connectivity index is 2.07. The van der Waals surface area contributed by atoms with Crippen molar-refractivity contribution in [1.82, 2.24) is 19.7 Å². The number of ether oxygens (including phenoxy) is 1. The van der Waals surface area contributed by atoms with E-state index in [1.807, 2.05) is 30.3 Å². The Morgan fingerprint density at radius 1 is 1.04 bits per heavy atom. The van der Waals surface area contributed by atoms with Crippen LogP contribution in [-0.2, 0) is 6.18 Å². The van der Waals surface area contributed by atoms with E-state index in [1.54, 1.807) is 6.07 Å². The first-order chi connectivity index (χ1) is 11.0. The highest BCUT2D eigenvalue weighted by atomic mass is 19.4. The van der Waals surface area contributed by atoms with Crippen LogP contribution in [0, 0.1) is 0 Å². The van der Waals surface area contributed by atoms with Crippen LogP contribution in [0.4, 0.5) is 13.2 Å². The summed E-state index contributed by atoms with van der Waals surface area (Å²) in [6.07, 6.45) is -3.36. The fourth-order valence-corrected chi connectivity index (χ4v) is 1.96. The van der Waals surface area contributed by atoms with Crippen molar-refractivity contribution in [2.24, 2.45) is 0 Å². The number of benzene rings is 1. The topological polar surface area (TPSA) is 52.8 Å². The number of aromatic nitrogens is 4. The Labute approximate surface area is 129 Å². The summed E-state index contributed by atoms with van der Waals surface area (Å²) in [6, 6.07) is 11.6. The summed E-state index contributed by atoms with van der Waals surface area (Å²) in [6.45, 7) is 0. The van der Waals surface area contributed by atoms with Crippen LogP contribution in [0.25, 0.3) is 17.2 Å². The summed E-state index contributed by atoms with van der Waals surface area (Å²) < 4.78 is 44.1. The summed E-state index contributed by atoms with van der Waals surface area (Å²) in [5, 5.41) is 3.47. The van der Waals surface area contributed by atoms with Gasteiger partial charge in [-0.25, -0.2) is 9.67 Å². The van der Waals surface area contributed by atoms with E-state index >= 15 is 0 Å². The van der Waals surface area contributed by atoms with Crippen LogP contribution in [0.5, 0.6) is 5.88 Å². The van der Waals surface area contributed by atoms with Gasteiger partial charge in [0.1, 0.15) is 0 Å². The molecule has 118 valence electrons. The van der Waals surface area contributed by atoms with Crippen molar-refractivity contribution >= 4 is 0 Å². The molecule has 0 spiro atoms. The third kappa shape index (κ3) is 3.15. The quantitative estimate of drug-likeness (QED) is 0.742. The van der Waals surface area contributed by atoms with Gasteiger partial charge in [0.05, 0.1) is 12.8 Å². The van der Waals surface area contributed by atoms with Gasteiger partial charge in [0.25, 0.3) is 5.95 Å². The van der Waals surface area contributed by atoms with Crippen LogP contribution in [0.15, 0.2) is 48.7 Å². The van der Waals surface area contributed by atoms with Crippen molar-refractivity contribution in [2.45, 2.75) is 6.18 Å². The number of alkyl halides is 3. The van der Waals surface area contributed by atoms with Gasteiger partial charge in [0.2, 0.25) is 5.88 Å². The normalized spacial score (nSPS) is 11.5. The van der Waals surface area contributed by atoms with Crippen molar-refractivity contribution in [3.05, 3.63) is 54.4 Å². The number of halogens is 3. The van der Waals surface area contributed by atoms with E-state index in [4.69, 9.17) is 4.74 Å². The van der Waals surface area contributed by atoms with Gasteiger partial charge in [0.15, 0.2) is 5.69 Å². The van der Waals surface area contributed by atoms with Crippen molar-refractivity contribution in [1.29, 1.82) is 0 Å². The third-order valence-corrected chi connectivity index (χ3v) is 3.05. The van der Waals surface area contributed by atoms with Crippen LogP contribution in [-0.4, -0.2) is 26.9 Å². The Morgan fingerprint density at radius 3 is 2.39 bits per heavy atom. The Hall–Kier alpha value is -2.90. The number of hydrogen-bond donors (Lipinski definition) is 0. The molecule has 0 radical (unpaired) electrons. The first-order valence-electron chi connectivity index (χ1n) is 6.59. The van der Waals surface area contributed by atoms with Crippen molar-refractivity contribution in [3.63, 3.8) is 0 Å². The molecule has 3 aromatic rings. The fourth-order valence-electron chi connectivity index (χ4n) is 1.96. The molecule has 0 amide bonds. The maximum Gasteiger partial charge on any atom is 0.435 e. The molecule has 1 aromatic carbocycles. The molecule has 0 aliphatic carbocycles. The fraction of sp³-hybridized carbons (Fsp3) is 0.133. The van der Waals surface area contributed by atoms with Crippen LogP contribution >= 0.6 is 0 Å². The molecular formula is C15H11F3N4O. The van der Waals surface area contributed by atoms with Gasteiger partial charge < -0.3 is 4.74 Å². The summed E-state index contributed by atoms with van der Waals surface area (Å²) in [5.41, 5.74) is 0.305. The Morgan fingerprint density at radius 2 is 1.78 bits per heavy atom. The lowest BCUT2D eigenvalue weighted by atomic mass is 10.1. The van der Waals surface area contributed by atoms with E-state index in [0.717, 1.165) is 22.5 Å². The molecule has 0 N–H and O–H groups in total. The molecule has 0 fully saturated rings. The second kappa shape index (κ2) is 5.71. The Kier molecular flexibility index (Phi) is 3.73. The Bertz CT molecular complexity index is 815. The van der Waals surface area contributed by atoms with Gasteiger partial charge in [-0.3, -0.25) is 0 Å². The number of hydrogen-bond acceptors (Lipinski definition) is 4. The highest BCUT2D eigenvalue weighted by molar-refractivity contribution is 5.60. The maximum absolute atomic E-state index is 12.7.